The molecule has 0 aromatic carbocycles. The molecule has 4 saturated carbocycles. The summed E-state index contributed by atoms with van der Waals surface area (Å²) in [4.78, 5) is 0. The maximum atomic E-state index is 12.6. The predicted molar refractivity (Wildman–Crippen MR) is 198 cm³/mol. The average Bonchev–Trinajstić information content (AvgIpc) is 3.40. The van der Waals surface area contributed by atoms with E-state index >= 15 is 0 Å². The van der Waals surface area contributed by atoms with E-state index in [-0.39, 0.29) is 71.9 Å². The Morgan fingerprint density at radius 2 is 1.48 bits per heavy atom. The molecule has 2 aliphatic heterocycles. The third kappa shape index (κ3) is 8.40. The molecule has 2 heterocycles. The van der Waals surface area contributed by atoms with E-state index in [9.17, 15) is 48.7 Å². The van der Waals surface area contributed by atoms with Gasteiger partial charge in [-0.05, 0) is 84.9 Å². The molecule has 16 nitrogen and oxygen atoms in total. The molecule has 6 rings (SSSR count). The molecule has 324 valence electrons. The van der Waals surface area contributed by atoms with E-state index in [0.717, 1.165) is 19.3 Å². The summed E-state index contributed by atoms with van der Waals surface area (Å²) < 4.78 is 66.4. The van der Waals surface area contributed by atoms with Crippen LogP contribution in [0.1, 0.15) is 79.6 Å². The molecule has 4 aliphatic carbocycles. The summed E-state index contributed by atoms with van der Waals surface area (Å²) in [5.74, 6) is -0.558. The Hall–Kier alpha value is -0.870. The van der Waals surface area contributed by atoms with Gasteiger partial charge in [-0.2, -0.15) is 8.42 Å². The van der Waals surface area contributed by atoms with Gasteiger partial charge in [0.15, 0.2) is 12.6 Å². The minimum Gasteiger partial charge on any atom is -0.393 e. The van der Waals surface area contributed by atoms with Crippen LogP contribution in [0.4, 0.5) is 0 Å². The van der Waals surface area contributed by atoms with Crippen molar-refractivity contribution < 1.29 is 76.6 Å². The Labute approximate surface area is 330 Å². The van der Waals surface area contributed by atoms with Gasteiger partial charge in [-0.15, -0.1) is 0 Å². The van der Waals surface area contributed by atoms with Gasteiger partial charge in [0.25, 0.3) is 0 Å². The zero-order valence-corrected chi connectivity index (χ0v) is 34.2. The van der Waals surface area contributed by atoms with Crippen LogP contribution >= 0.6 is 0 Å². The third-order valence-electron chi connectivity index (χ3n) is 15.1. The number of ether oxygens (including phenoxy) is 5. The largest absolute Gasteiger partial charge is 0.397 e. The second-order valence-electron chi connectivity index (χ2n) is 18.5. The highest BCUT2D eigenvalue weighted by atomic mass is 32.3. The molecule has 56 heavy (non-hydrogen) atoms. The second-order valence-corrected chi connectivity index (χ2v) is 19.6. The zero-order chi connectivity index (χ0) is 41.1. The summed E-state index contributed by atoms with van der Waals surface area (Å²) >= 11 is 0. The van der Waals surface area contributed by atoms with Crippen molar-refractivity contribution in [3.8, 4) is 0 Å². The molecule has 2 saturated heterocycles. The minimum atomic E-state index is -5.07. The van der Waals surface area contributed by atoms with Gasteiger partial charge in [0.05, 0.1) is 43.7 Å². The number of aliphatic hydroxyl groups excluding tert-OH is 6. The highest BCUT2D eigenvalue weighted by Crippen LogP contribution is 2.69. The highest BCUT2D eigenvalue weighted by Gasteiger charge is 2.70. The van der Waals surface area contributed by atoms with Gasteiger partial charge in [-0.3, -0.25) is 4.55 Å². The maximum Gasteiger partial charge on any atom is 0.397 e. The van der Waals surface area contributed by atoms with Crippen molar-refractivity contribution in [2.24, 2.45) is 52.3 Å². The molecular formula is C39H66O16S. The van der Waals surface area contributed by atoms with E-state index in [2.05, 4.69) is 32.9 Å². The van der Waals surface area contributed by atoms with Gasteiger partial charge in [0.2, 0.25) is 0 Å². The SMILES string of the molecule is CO[C@H]1[C@H](O[C@H]2[C@H](OC[C@@H](C)[C@H](C)/C=C/[C@@H](C)[C@H]3C[C@@H](O)[C@@H]4[C@]3(C)CC[C@@H]3[C@@]5(C)CC[C@H](O)C[C@@H]5[C@@H](O)C[C@]34O)OC[C@@H](O)[C@@H]2OS(=O)(=O)O)OC[C@@H](O)[C@@H]1O. The van der Waals surface area contributed by atoms with E-state index in [0.29, 0.717) is 19.3 Å². The number of hydrogen-bond donors (Lipinski definition) is 8. The van der Waals surface area contributed by atoms with E-state index in [1.54, 1.807) is 0 Å². The van der Waals surface area contributed by atoms with Gasteiger partial charge < -0.3 is 59.4 Å². The number of rotatable bonds is 12. The Bertz CT molecular complexity index is 1480. The number of methoxy groups -OCH3 is 1. The van der Waals surface area contributed by atoms with Crippen LogP contribution < -0.4 is 0 Å². The summed E-state index contributed by atoms with van der Waals surface area (Å²) in [7, 11) is -3.81. The molecule has 6 aliphatic rings. The number of allylic oxidation sites excluding steroid dienone is 2. The monoisotopic (exact) mass is 822 g/mol. The van der Waals surface area contributed by atoms with E-state index in [1.807, 2.05) is 13.8 Å². The first-order chi connectivity index (χ1) is 26.1. The molecule has 0 aromatic heterocycles. The van der Waals surface area contributed by atoms with Crippen LogP contribution in [-0.4, -0.2) is 149 Å². The van der Waals surface area contributed by atoms with Crippen LogP contribution in [0, 0.1) is 52.3 Å². The summed E-state index contributed by atoms with van der Waals surface area (Å²) in [6, 6.07) is 0. The highest BCUT2D eigenvalue weighted by molar-refractivity contribution is 7.80. The van der Waals surface area contributed by atoms with E-state index < -0.39 is 90.1 Å². The lowest BCUT2D eigenvalue weighted by Crippen LogP contribution is -2.68. The fourth-order valence-corrected chi connectivity index (χ4v) is 12.5. The lowest BCUT2D eigenvalue weighted by atomic mass is 9.42. The van der Waals surface area contributed by atoms with Crippen LogP contribution in [0.2, 0.25) is 0 Å². The first kappa shape index (κ1) is 44.7. The van der Waals surface area contributed by atoms with Crippen molar-refractivity contribution in [2.45, 2.75) is 153 Å². The van der Waals surface area contributed by atoms with Crippen molar-refractivity contribution in [1.82, 2.24) is 0 Å². The van der Waals surface area contributed by atoms with Crippen molar-refractivity contribution in [3.63, 3.8) is 0 Å². The van der Waals surface area contributed by atoms with Crippen LogP contribution in [0.5, 0.6) is 0 Å². The lowest BCUT2D eigenvalue weighted by Gasteiger charge is -2.66. The Kier molecular flexibility index (Phi) is 13.5. The zero-order valence-electron chi connectivity index (χ0n) is 33.4. The molecule has 0 bridgehead atoms. The normalized spacial score (nSPS) is 50.1. The van der Waals surface area contributed by atoms with E-state index in [4.69, 9.17) is 27.9 Å². The number of aliphatic hydroxyl groups is 7. The quantitative estimate of drug-likeness (QED) is 0.101. The van der Waals surface area contributed by atoms with Gasteiger partial charge in [-0.25, -0.2) is 4.18 Å². The average molecular weight is 823 g/mol. The molecule has 0 amide bonds. The molecule has 0 unspecified atom stereocenters. The molecule has 0 spiro atoms. The third-order valence-corrected chi connectivity index (χ3v) is 15.6. The Morgan fingerprint density at radius 1 is 0.821 bits per heavy atom. The smallest absolute Gasteiger partial charge is 0.393 e. The lowest BCUT2D eigenvalue weighted by molar-refractivity contribution is -0.344. The van der Waals surface area contributed by atoms with Crippen molar-refractivity contribution >= 4 is 10.4 Å². The standard InChI is InChI=1S/C39H66O16S/c1-19(21(3)16-51-35-33(31(28(44)18-52-35)55-56(47,48)49)54-36-32(50-6)30(45)27(43)17-53-36)7-8-20(2)23-14-25(41)34-38(23,5)12-10-29-37(4)11-9-22(40)13-24(37)26(42)15-39(29,34)46/h7-8,19-36,40-46H,9-18H2,1-6H3,(H,47,48,49)/b8-7+/t19-,20-,21-,22+,23-,24-,25-,26+,27-,28-,29-,30+,31+,32-,33-,34-,35-,36+,37+,38-,39+/m1/s1. The molecule has 8 N–H and O–H groups in total. The topological polar surface area (TPSA) is 251 Å². The minimum absolute atomic E-state index is 0.0334. The molecule has 21 atom stereocenters. The molecule has 0 aromatic rings. The Balaban J connectivity index is 1.11. The Morgan fingerprint density at radius 3 is 2.16 bits per heavy atom. The van der Waals surface area contributed by atoms with Crippen LogP contribution in [0.25, 0.3) is 0 Å². The fraction of sp³-hybridized carbons (Fsp3) is 0.949. The fourth-order valence-electron chi connectivity index (χ4n) is 12.0. The van der Waals surface area contributed by atoms with E-state index in [1.165, 1.54) is 7.11 Å². The maximum absolute atomic E-state index is 12.6. The van der Waals surface area contributed by atoms with Crippen LogP contribution in [-0.2, 0) is 38.3 Å². The van der Waals surface area contributed by atoms with Crippen molar-refractivity contribution in [2.75, 3.05) is 26.9 Å². The summed E-state index contributed by atoms with van der Waals surface area (Å²) in [5, 5.41) is 77.3. The van der Waals surface area contributed by atoms with Crippen molar-refractivity contribution in [3.05, 3.63) is 12.2 Å². The predicted octanol–water partition coefficient (Wildman–Crippen LogP) is 0.927. The van der Waals surface area contributed by atoms with Crippen LogP contribution in [0.15, 0.2) is 12.2 Å². The van der Waals surface area contributed by atoms with Crippen LogP contribution in [0.3, 0.4) is 0 Å². The van der Waals surface area contributed by atoms with Gasteiger partial charge in [0, 0.05) is 19.4 Å². The number of hydrogen-bond acceptors (Lipinski definition) is 15. The first-order valence-corrected chi connectivity index (χ1v) is 21.7. The molecule has 17 heteroatoms. The van der Waals surface area contributed by atoms with Crippen molar-refractivity contribution in [1.29, 1.82) is 0 Å². The first-order valence-electron chi connectivity index (χ1n) is 20.3. The number of fused-ring (bicyclic) bond motifs is 5. The molecule has 6 fully saturated rings. The summed E-state index contributed by atoms with van der Waals surface area (Å²) in [6.07, 6.45) is -4.61. The van der Waals surface area contributed by atoms with Gasteiger partial charge >= 0.3 is 10.4 Å². The van der Waals surface area contributed by atoms with Gasteiger partial charge in [-0.1, -0.05) is 46.8 Å². The molecular weight excluding hydrogens is 756 g/mol. The molecule has 0 radical (unpaired) electrons. The second kappa shape index (κ2) is 16.9. The summed E-state index contributed by atoms with van der Waals surface area (Å²) in [6.45, 7) is 9.84. The summed E-state index contributed by atoms with van der Waals surface area (Å²) in [5.41, 5.74) is -1.89. The van der Waals surface area contributed by atoms with Gasteiger partial charge in [0.1, 0.15) is 36.6 Å².